The molecule has 0 radical (unpaired) electrons. The van der Waals surface area contributed by atoms with Gasteiger partial charge < -0.3 is 24.3 Å². The molecular formula is C24H25N5O3. The number of benzene rings is 1. The molecule has 32 heavy (non-hydrogen) atoms. The summed E-state index contributed by atoms with van der Waals surface area (Å²) in [7, 11) is 0. The first-order chi connectivity index (χ1) is 15.7. The van der Waals surface area contributed by atoms with Crippen molar-refractivity contribution in [3.63, 3.8) is 0 Å². The SMILES string of the molecule is O=C1Nc2cccc(n2)-c2nccn2CCCCOc2ccc(N3CC4CC(C3)O4)cc21. The van der Waals surface area contributed by atoms with Crippen LogP contribution >= 0.6 is 0 Å². The monoisotopic (exact) mass is 431 g/mol. The van der Waals surface area contributed by atoms with Gasteiger partial charge in [0, 0.05) is 44.1 Å². The van der Waals surface area contributed by atoms with Crippen molar-refractivity contribution in [3.05, 3.63) is 54.4 Å². The van der Waals surface area contributed by atoms with Gasteiger partial charge in [0.25, 0.3) is 5.91 Å². The van der Waals surface area contributed by atoms with E-state index in [1.807, 2.05) is 36.5 Å². The lowest BCUT2D eigenvalue weighted by atomic mass is 9.98. The number of pyridine rings is 1. The van der Waals surface area contributed by atoms with Crippen molar-refractivity contribution in [3.8, 4) is 17.3 Å². The third-order valence-electron chi connectivity index (χ3n) is 6.32. The second-order valence-electron chi connectivity index (χ2n) is 8.56. The summed E-state index contributed by atoms with van der Waals surface area (Å²) in [6.07, 6.45) is 7.29. The summed E-state index contributed by atoms with van der Waals surface area (Å²) in [6, 6.07) is 11.5. The molecule has 4 aliphatic rings. The maximum Gasteiger partial charge on any atom is 0.260 e. The maximum atomic E-state index is 13.3. The molecule has 8 heteroatoms. The van der Waals surface area contributed by atoms with Crippen LogP contribution in [-0.4, -0.2) is 52.3 Å². The number of fused-ring (bicyclic) bond motifs is 7. The fourth-order valence-electron chi connectivity index (χ4n) is 4.69. The highest BCUT2D eigenvalue weighted by molar-refractivity contribution is 6.06. The molecule has 2 aromatic heterocycles. The number of morpholine rings is 1. The molecular weight excluding hydrogens is 406 g/mol. The molecule has 1 N–H and O–H groups in total. The molecule has 164 valence electrons. The lowest BCUT2D eigenvalue weighted by Crippen LogP contribution is -2.57. The molecule has 0 spiro atoms. The van der Waals surface area contributed by atoms with Gasteiger partial charge in [-0.25, -0.2) is 9.97 Å². The fourth-order valence-corrected chi connectivity index (χ4v) is 4.69. The fraction of sp³-hybridized carbons (Fsp3) is 0.375. The molecule has 0 saturated carbocycles. The number of piperidine rings is 1. The standard InChI is InChI=1S/C24H25N5O3/c30-24-19-12-16(29-14-17-13-18(15-29)32-17)6-7-21(19)31-11-2-1-9-28-10-8-25-23(28)20-4-3-5-22(26-20)27-24/h3-8,10,12,17-18H,1-2,9,11,13-15H2,(H,26,27,30). The van der Waals surface area contributed by atoms with Crippen LogP contribution in [0.25, 0.3) is 11.5 Å². The molecule has 3 fully saturated rings. The molecule has 0 aliphatic carbocycles. The van der Waals surface area contributed by atoms with Gasteiger partial charge in [0.2, 0.25) is 0 Å². The van der Waals surface area contributed by atoms with E-state index in [2.05, 4.69) is 24.8 Å². The molecule has 1 amide bonds. The first-order valence-electron chi connectivity index (χ1n) is 11.2. The largest absolute Gasteiger partial charge is 0.493 e. The molecule has 3 aromatic rings. The minimum Gasteiger partial charge on any atom is -0.493 e. The Morgan fingerprint density at radius 3 is 2.84 bits per heavy atom. The second kappa shape index (κ2) is 7.94. The van der Waals surface area contributed by atoms with E-state index in [9.17, 15) is 4.79 Å². The van der Waals surface area contributed by atoms with E-state index in [0.717, 1.165) is 56.1 Å². The van der Waals surface area contributed by atoms with Gasteiger partial charge in [-0.1, -0.05) is 6.07 Å². The Bertz CT molecular complexity index is 1140. The smallest absolute Gasteiger partial charge is 0.260 e. The summed E-state index contributed by atoms with van der Waals surface area (Å²) >= 11 is 0. The van der Waals surface area contributed by atoms with Crippen molar-refractivity contribution in [2.75, 3.05) is 29.9 Å². The molecule has 6 heterocycles. The minimum absolute atomic E-state index is 0.231. The minimum atomic E-state index is -0.231. The lowest BCUT2D eigenvalue weighted by Gasteiger charge is -2.48. The highest BCUT2D eigenvalue weighted by Crippen LogP contribution is 2.34. The van der Waals surface area contributed by atoms with Gasteiger partial charge in [-0.2, -0.15) is 0 Å². The van der Waals surface area contributed by atoms with Crippen molar-refractivity contribution in [1.82, 2.24) is 14.5 Å². The molecule has 8 nitrogen and oxygen atoms in total. The summed E-state index contributed by atoms with van der Waals surface area (Å²) in [6.45, 7) is 3.10. The normalized spacial score (nSPS) is 22.5. The van der Waals surface area contributed by atoms with E-state index < -0.39 is 0 Å². The number of nitrogens with zero attached hydrogens (tertiary/aromatic N) is 4. The number of anilines is 2. The summed E-state index contributed by atoms with van der Waals surface area (Å²) in [5.74, 6) is 1.65. The molecule has 3 saturated heterocycles. The number of amides is 1. The Hall–Kier alpha value is -3.39. The first kappa shape index (κ1) is 19.3. The van der Waals surface area contributed by atoms with Crippen LogP contribution in [0.2, 0.25) is 0 Å². The number of carbonyl (C=O) groups is 1. The van der Waals surface area contributed by atoms with Crippen molar-refractivity contribution < 1.29 is 14.3 Å². The number of carbonyl (C=O) groups excluding carboxylic acids is 1. The molecule has 2 atom stereocenters. The van der Waals surface area contributed by atoms with Crippen LogP contribution in [0.15, 0.2) is 48.8 Å². The van der Waals surface area contributed by atoms with Gasteiger partial charge in [-0.3, -0.25) is 4.79 Å². The van der Waals surface area contributed by atoms with Gasteiger partial charge in [0.1, 0.15) is 17.3 Å². The van der Waals surface area contributed by atoms with Gasteiger partial charge in [0.05, 0.1) is 24.4 Å². The Morgan fingerprint density at radius 1 is 1.09 bits per heavy atom. The lowest BCUT2D eigenvalue weighted by molar-refractivity contribution is -0.133. The van der Waals surface area contributed by atoms with Gasteiger partial charge >= 0.3 is 0 Å². The number of hydrogen-bond acceptors (Lipinski definition) is 6. The number of nitrogens with one attached hydrogen (secondary N) is 1. The van der Waals surface area contributed by atoms with Crippen molar-refractivity contribution >= 4 is 17.4 Å². The third-order valence-corrected chi connectivity index (χ3v) is 6.32. The average molecular weight is 431 g/mol. The van der Waals surface area contributed by atoms with E-state index in [-0.39, 0.29) is 5.91 Å². The number of ether oxygens (including phenoxy) is 2. The molecule has 4 bridgehead atoms. The Kier molecular flexibility index (Phi) is 4.79. The maximum absolute atomic E-state index is 13.3. The molecule has 7 rings (SSSR count). The van der Waals surface area contributed by atoms with Crippen LogP contribution < -0.4 is 15.0 Å². The second-order valence-corrected chi connectivity index (χ2v) is 8.56. The number of aryl methyl sites for hydroxylation is 1. The first-order valence-corrected chi connectivity index (χ1v) is 11.2. The number of hydrogen-bond donors (Lipinski definition) is 1. The van der Waals surface area contributed by atoms with Crippen LogP contribution in [0.5, 0.6) is 5.75 Å². The zero-order valence-corrected chi connectivity index (χ0v) is 17.7. The van der Waals surface area contributed by atoms with Crippen molar-refractivity contribution in [1.29, 1.82) is 0 Å². The van der Waals surface area contributed by atoms with Gasteiger partial charge in [-0.05, 0) is 43.2 Å². The van der Waals surface area contributed by atoms with E-state index in [0.29, 0.717) is 35.9 Å². The number of rotatable bonds is 1. The third kappa shape index (κ3) is 3.60. The van der Waals surface area contributed by atoms with Crippen LogP contribution in [-0.2, 0) is 11.3 Å². The van der Waals surface area contributed by atoms with Crippen LogP contribution in [0.1, 0.15) is 29.6 Å². The molecule has 1 aromatic carbocycles. The summed E-state index contributed by atoms with van der Waals surface area (Å²) in [5, 5.41) is 2.95. The van der Waals surface area contributed by atoms with E-state index >= 15 is 0 Å². The Morgan fingerprint density at radius 2 is 1.97 bits per heavy atom. The quantitative estimate of drug-likeness (QED) is 0.636. The topological polar surface area (TPSA) is 81.5 Å². The van der Waals surface area contributed by atoms with Crippen molar-refractivity contribution in [2.45, 2.75) is 38.0 Å². The van der Waals surface area contributed by atoms with Crippen LogP contribution in [0.4, 0.5) is 11.5 Å². The summed E-state index contributed by atoms with van der Waals surface area (Å²) in [4.78, 5) is 24.7. The predicted octanol–water partition coefficient (Wildman–Crippen LogP) is 3.35. The van der Waals surface area contributed by atoms with E-state index in [1.165, 1.54) is 0 Å². The van der Waals surface area contributed by atoms with E-state index in [1.54, 1.807) is 12.3 Å². The zero-order valence-electron chi connectivity index (χ0n) is 17.7. The predicted molar refractivity (Wildman–Crippen MR) is 120 cm³/mol. The highest BCUT2D eigenvalue weighted by atomic mass is 16.5. The number of imidazole rings is 1. The van der Waals surface area contributed by atoms with Crippen LogP contribution in [0, 0.1) is 0 Å². The average Bonchev–Trinajstić information content (AvgIpc) is 3.27. The van der Waals surface area contributed by atoms with Crippen molar-refractivity contribution in [2.24, 2.45) is 0 Å². The Labute approximate surface area is 186 Å². The van der Waals surface area contributed by atoms with Gasteiger partial charge in [0.15, 0.2) is 5.82 Å². The van der Waals surface area contributed by atoms with Gasteiger partial charge in [-0.15, -0.1) is 0 Å². The molecule has 2 unspecified atom stereocenters. The van der Waals surface area contributed by atoms with E-state index in [4.69, 9.17) is 9.47 Å². The molecule has 4 aliphatic heterocycles. The van der Waals surface area contributed by atoms with Crippen LogP contribution in [0.3, 0.4) is 0 Å². The highest BCUT2D eigenvalue weighted by Gasteiger charge is 2.38. The summed E-state index contributed by atoms with van der Waals surface area (Å²) < 4.78 is 13.9. The number of aromatic nitrogens is 3. The Balaban J connectivity index is 1.34. The summed E-state index contributed by atoms with van der Waals surface area (Å²) in [5.41, 5.74) is 2.28. The zero-order chi connectivity index (χ0) is 21.5.